The van der Waals surface area contributed by atoms with Crippen molar-refractivity contribution in [1.29, 1.82) is 0 Å². The predicted molar refractivity (Wildman–Crippen MR) is 103 cm³/mol. The fraction of sp³-hybridized carbons (Fsp3) is 0.273. The van der Waals surface area contributed by atoms with E-state index in [1.807, 2.05) is 42.5 Å². The molecule has 26 heavy (non-hydrogen) atoms. The van der Waals surface area contributed by atoms with Gasteiger partial charge in [0.1, 0.15) is 0 Å². The van der Waals surface area contributed by atoms with E-state index in [4.69, 9.17) is 0 Å². The highest BCUT2D eigenvalue weighted by atomic mass is 16.1. The molecule has 1 aliphatic rings. The molecule has 4 rings (SSSR count). The van der Waals surface area contributed by atoms with Gasteiger partial charge >= 0.3 is 0 Å². The second-order valence-electron chi connectivity index (χ2n) is 6.95. The maximum absolute atomic E-state index is 12.8. The lowest BCUT2D eigenvalue weighted by Crippen LogP contribution is -2.34. The van der Waals surface area contributed by atoms with Gasteiger partial charge in [0.05, 0.1) is 12.2 Å². The number of nitrogens with zero attached hydrogens (tertiary/aromatic N) is 1. The van der Waals surface area contributed by atoms with E-state index in [2.05, 4.69) is 9.88 Å². The summed E-state index contributed by atoms with van der Waals surface area (Å²) in [5, 5.41) is 2.14. The molecule has 1 aromatic heterocycles. The van der Waals surface area contributed by atoms with E-state index in [1.54, 1.807) is 12.3 Å². The van der Waals surface area contributed by atoms with Gasteiger partial charge in [-0.15, -0.1) is 0 Å². The lowest BCUT2D eigenvalue weighted by Gasteiger charge is -2.25. The van der Waals surface area contributed by atoms with Crippen LogP contribution in [0.5, 0.6) is 0 Å². The van der Waals surface area contributed by atoms with Gasteiger partial charge in [0.2, 0.25) is 0 Å². The van der Waals surface area contributed by atoms with Crippen molar-refractivity contribution in [1.82, 2.24) is 9.88 Å². The Morgan fingerprint density at radius 3 is 2.46 bits per heavy atom. The number of fused-ring (bicyclic) bond motifs is 1. The van der Waals surface area contributed by atoms with Crippen LogP contribution in [0.2, 0.25) is 0 Å². The minimum absolute atomic E-state index is 0.0458. The molecule has 4 heteroatoms. The number of carbonyl (C=O) groups is 2. The van der Waals surface area contributed by atoms with Crippen LogP contribution < -0.4 is 0 Å². The highest BCUT2D eigenvalue weighted by molar-refractivity contribution is 6.11. The van der Waals surface area contributed by atoms with Crippen LogP contribution in [-0.2, 0) is 0 Å². The van der Waals surface area contributed by atoms with E-state index < -0.39 is 0 Å². The average molecular weight is 346 g/mol. The molecule has 0 spiro atoms. The molecule has 0 saturated carbocycles. The first kappa shape index (κ1) is 16.7. The summed E-state index contributed by atoms with van der Waals surface area (Å²) in [7, 11) is 0. The molecule has 132 valence electrons. The Hall–Kier alpha value is -2.72. The Labute approximate surface area is 152 Å². The van der Waals surface area contributed by atoms with Crippen molar-refractivity contribution in [2.45, 2.75) is 19.3 Å². The van der Waals surface area contributed by atoms with Crippen LogP contribution in [0.25, 0.3) is 10.8 Å². The largest absolute Gasteiger partial charge is 0.358 e. The summed E-state index contributed by atoms with van der Waals surface area (Å²) in [5.41, 5.74) is 1.68. The summed E-state index contributed by atoms with van der Waals surface area (Å²) in [6.45, 7) is 2.38. The molecule has 0 unspecified atom stereocenters. The van der Waals surface area contributed by atoms with Gasteiger partial charge in [-0.1, -0.05) is 42.8 Å². The number of Topliss-reactive ketones (excluding diaryl/α,β-unsaturated/α-hetero) is 1. The van der Waals surface area contributed by atoms with Crippen molar-refractivity contribution in [3.05, 3.63) is 71.5 Å². The zero-order valence-electron chi connectivity index (χ0n) is 14.7. The summed E-state index contributed by atoms with van der Waals surface area (Å²) in [5.74, 6) is -0.0199. The number of hydrogen-bond donors (Lipinski definition) is 1. The second-order valence-corrected chi connectivity index (χ2v) is 6.95. The molecule has 2 aromatic carbocycles. The highest BCUT2D eigenvalue weighted by Crippen LogP contribution is 2.19. The van der Waals surface area contributed by atoms with E-state index in [-0.39, 0.29) is 11.6 Å². The molecule has 0 amide bonds. The third-order valence-corrected chi connectivity index (χ3v) is 5.07. The Morgan fingerprint density at radius 2 is 1.65 bits per heavy atom. The number of rotatable bonds is 5. The average Bonchev–Trinajstić information content (AvgIpc) is 3.18. The number of carbonyl (C=O) groups excluding carboxylic acids is 2. The molecule has 0 atom stereocenters. The molecule has 0 radical (unpaired) electrons. The van der Waals surface area contributed by atoms with Crippen molar-refractivity contribution in [2.75, 3.05) is 19.6 Å². The van der Waals surface area contributed by atoms with Crippen molar-refractivity contribution >= 4 is 22.3 Å². The predicted octanol–water partition coefficient (Wildman–Crippen LogP) is 4.07. The van der Waals surface area contributed by atoms with Crippen LogP contribution in [0.1, 0.15) is 45.7 Å². The first-order valence-corrected chi connectivity index (χ1v) is 9.18. The van der Waals surface area contributed by atoms with E-state index in [0.29, 0.717) is 23.4 Å². The third kappa shape index (κ3) is 3.46. The zero-order chi connectivity index (χ0) is 17.9. The van der Waals surface area contributed by atoms with Gasteiger partial charge in [-0.2, -0.15) is 0 Å². The topological polar surface area (TPSA) is 53.2 Å². The quantitative estimate of drug-likeness (QED) is 0.709. The monoisotopic (exact) mass is 346 g/mol. The van der Waals surface area contributed by atoms with Gasteiger partial charge in [-0.3, -0.25) is 14.5 Å². The molecule has 0 bridgehead atoms. The molecular formula is C22H22N2O2. The molecule has 1 aliphatic heterocycles. The first-order valence-electron chi connectivity index (χ1n) is 9.18. The lowest BCUT2D eigenvalue weighted by atomic mass is 10.0. The van der Waals surface area contributed by atoms with Gasteiger partial charge in [0, 0.05) is 17.3 Å². The summed E-state index contributed by atoms with van der Waals surface area (Å²) in [4.78, 5) is 30.4. The molecule has 0 aliphatic carbocycles. The number of likely N-dealkylation sites (tertiary alicyclic amines) is 1. The second kappa shape index (κ2) is 7.26. The number of benzene rings is 2. The number of piperidine rings is 1. The van der Waals surface area contributed by atoms with Gasteiger partial charge < -0.3 is 4.98 Å². The van der Waals surface area contributed by atoms with Gasteiger partial charge in [0.15, 0.2) is 11.6 Å². The van der Waals surface area contributed by atoms with Crippen LogP contribution in [0.3, 0.4) is 0 Å². The number of aromatic amines is 1. The number of hydrogen-bond acceptors (Lipinski definition) is 3. The number of H-pyrrole nitrogens is 1. The van der Waals surface area contributed by atoms with Crippen molar-refractivity contribution in [3.8, 4) is 0 Å². The maximum Gasteiger partial charge on any atom is 0.194 e. The number of nitrogens with one attached hydrogen (secondary N) is 1. The molecule has 1 N–H and O–H groups in total. The van der Waals surface area contributed by atoms with E-state index in [0.717, 1.165) is 36.7 Å². The van der Waals surface area contributed by atoms with Crippen LogP contribution in [0.15, 0.2) is 54.7 Å². The molecule has 1 fully saturated rings. The van der Waals surface area contributed by atoms with Crippen molar-refractivity contribution < 1.29 is 9.59 Å². The molecule has 1 saturated heterocycles. The van der Waals surface area contributed by atoms with Crippen LogP contribution in [0, 0.1) is 0 Å². The third-order valence-electron chi connectivity index (χ3n) is 5.07. The highest BCUT2D eigenvalue weighted by Gasteiger charge is 2.18. The summed E-state index contributed by atoms with van der Waals surface area (Å²) in [6, 6.07) is 15.3. The van der Waals surface area contributed by atoms with Crippen LogP contribution in [-0.4, -0.2) is 41.1 Å². The van der Waals surface area contributed by atoms with Crippen molar-refractivity contribution in [3.63, 3.8) is 0 Å². The maximum atomic E-state index is 12.8. The Balaban J connectivity index is 1.50. The fourth-order valence-corrected chi connectivity index (χ4v) is 3.59. The number of ketones is 2. The minimum atomic E-state index is -0.0657. The lowest BCUT2D eigenvalue weighted by molar-refractivity contribution is 0.0911. The van der Waals surface area contributed by atoms with E-state index >= 15 is 0 Å². The van der Waals surface area contributed by atoms with Crippen molar-refractivity contribution in [2.24, 2.45) is 0 Å². The van der Waals surface area contributed by atoms with Gasteiger partial charge in [-0.05, 0) is 48.8 Å². The fourth-order valence-electron chi connectivity index (χ4n) is 3.59. The van der Waals surface area contributed by atoms with Crippen LogP contribution >= 0.6 is 0 Å². The molecule has 4 nitrogen and oxygen atoms in total. The number of aromatic nitrogens is 1. The first-order chi connectivity index (χ1) is 12.7. The van der Waals surface area contributed by atoms with E-state index in [9.17, 15) is 9.59 Å². The standard InChI is InChI=1S/C22H22N2O2/c25-21(15-24-10-4-1-5-11-24)20-13-19(14-23-20)22(26)18-9-8-16-6-2-3-7-17(16)12-18/h2-3,6-9,12-14,23H,1,4-5,10-11,15H2. The van der Waals surface area contributed by atoms with Crippen LogP contribution in [0.4, 0.5) is 0 Å². The summed E-state index contributed by atoms with van der Waals surface area (Å²) in [6.07, 6.45) is 5.20. The Bertz CT molecular complexity index is 951. The minimum Gasteiger partial charge on any atom is -0.358 e. The SMILES string of the molecule is O=C(c1c[nH]c(C(=O)CN2CCCCC2)c1)c1ccc2ccccc2c1. The molecule has 3 aromatic rings. The Morgan fingerprint density at radius 1 is 0.885 bits per heavy atom. The van der Waals surface area contributed by atoms with E-state index in [1.165, 1.54) is 6.42 Å². The summed E-state index contributed by atoms with van der Waals surface area (Å²) < 4.78 is 0. The van der Waals surface area contributed by atoms with Gasteiger partial charge in [0.25, 0.3) is 0 Å². The zero-order valence-corrected chi connectivity index (χ0v) is 14.7. The Kier molecular flexibility index (Phi) is 4.67. The summed E-state index contributed by atoms with van der Waals surface area (Å²) >= 11 is 0. The van der Waals surface area contributed by atoms with Gasteiger partial charge in [-0.25, -0.2) is 0 Å². The normalized spacial score (nSPS) is 15.2. The smallest absolute Gasteiger partial charge is 0.194 e. The molecule has 2 heterocycles. The molecular weight excluding hydrogens is 324 g/mol.